The van der Waals surface area contributed by atoms with Gasteiger partial charge in [0.05, 0.1) is 6.04 Å². The van der Waals surface area contributed by atoms with Crippen molar-refractivity contribution >= 4 is 5.95 Å². The molecule has 94 valence electrons. The minimum absolute atomic E-state index is 0.233. The third-order valence-corrected chi connectivity index (χ3v) is 3.04. The normalized spacial score (nSPS) is 12.1. The van der Waals surface area contributed by atoms with Crippen molar-refractivity contribution in [2.24, 2.45) is 0 Å². The second-order valence-electron chi connectivity index (χ2n) is 4.41. The first-order valence-corrected chi connectivity index (χ1v) is 6.16. The standard InChI is InChI=1S/C15H19N3/c1-4-10-18-11-9-16-15(18)17-13(3)14-8-6-5-7-12(14)2/h4-9,11,13H,1,10H2,2-3H3,(H,16,17). The minimum atomic E-state index is 0.233. The van der Waals surface area contributed by atoms with Crippen LogP contribution in [0.3, 0.4) is 0 Å². The summed E-state index contributed by atoms with van der Waals surface area (Å²) in [4.78, 5) is 4.33. The lowest BCUT2D eigenvalue weighted by Crippen LogP contribution is -2.12. The molecular weight excluding hydrogens is 222 g/mol. The molecular formula is C15H19N3. The smallest absolute Gasteiger partial charge is 0.203 e. The number of rotatable bonds is 5. The van der Waals surface area contributed by atoms with Crippen LogP contribution in [0.5, 0.6) is 0 Å². The van der Waals surface area contributed by atoms with Gasteiger partial charge in [0.1, 0.15) is 0 Å². The molecule has 2 aromatic rings. The van der Waals surface area contributed by atoms with Crippen LogP contribution in [-0.4, -0.2) is 9.55 Å². The number of imidazole rings is 1. The maximum absolute atomic E-state index is 4.33. The molecule has 1 heterocycles. The first-order chi connectivity index (χ1) is 8.72. The minimum Gasteiger partial charge on any atom is -0.349 e. The molecule has 0 amide bonds. The molecule has 1 atom stereocenters. The average molecular weight is 241 g/mol. The zero-order chi connectivity index (χ0) is 13.0. The Morgan fingerprint density at radius 2 is 2.22 bits per heavy atom. The van der Waals surface area contributed by atoms with Crippen LogP contribution in [0, 0.1) is 6.92 Å². The van der Waals surface area contributed by atoms with Crippen LogP contribution in [0.4, 0.5) is 5.95 Å². The Morgan fingerprint density at radius 3 is 2.94 bits per heavy atom. The molecule has 2 rings (SSSR count). The van der Waals surface area contributed by atoms with Crippen LogP contribution in [-0.2, 0) is 6.54 Å². The number of hydrogen-bond donors (Lipinski definition) is 1. The van der Waals surface area contributed by atoms with Crippen molar-refractivity contribution in [3.05, 3.63) is 60.4 Å². The lowest BCUT2D eigenvalue weighted by atomic mass is 10.0. The molecule has 1 unspecified atom stereocenters. The van der Waals surface area contributed by atoms with Crippen molar-refractivity contribution in [3.8, 4) is 0 Å². The number of hydrogen-bond acceptors (Lipinski definition) is 2. The second-order valence-corrected chi connectivity index (χ2v) is 4.41. The number of anilines is 1. The highest BCUT2D eigenvalue weighted by Crippen LogP contribution is 2.21. The van der Waals surface area contributed by atoms with Gasteiger partial charge >= 0.3 is 0 Å². The topological polar surface area (TPSA) is 29.9 Å². The molecule has 0 aliphatic heterocycles. The van der Waals surface area contributed by atoms with Gasteiger partial charge in [-0.25, -0.2) is 4.98 Å². The highest BCUT2D eigenvalue weighted by atomic mass is 15.2. The van der Waals surface area contributed by atoms with E-state index in [0.29, 0.717) is 0 Å². The molecule has 0 saturated heterocycles. The van der Waals surface area contributed by atoms with Gasteiger partial charge in [-0.3, -0.25) is 0 Å². The molecule has 1 aromatic carbocycles. The quantitative estimate of drug-likeness (QED) is 0.811. The molecule has 0 aliphatic rings. The van der Waals surface area contributed by atoms with E-state index in [1.54, 1.807) is 6.20 Å². The molecule has 3 nitrogen and oxygen atoms in total. The third-order valence-electron chi connectivity index (χ3n) is 3.04. The SMILES string of the molecule is C=CCn1ccnc1NC(C)c1ccccc1C. The Morgan fingerprint density at radius 1 is 1.44 bits per heavy atom. The largest absolute Gasteiger partial charge is 0.349 e. The van der Waals surface area contributed by atoms with Gasteiger partial charge in [0, 0.05) is 18.9 Å². The predicted molar refractivity (Wildman–Crippen MR) is 75.6 cm³/mol. The zero-order valence-electron chi connectivity index (χ0n) is 10.9. The van der Waals surface area contributed by atoms with Gasteiger partial charge in [0.2, 0.25) is 5.95 Å². The third kappa shape index (κ3) is 2.62. The summed E-state index contributed by atoms with van der Waals surface area (Å²) in [5.41, 5.74) is 2.59. The molecule has 1 N–H and O–H groups in total. The Bertz CT molecular complexity index is 528. The van der Waals surface area contributed by atoms with Crippen LogP contribution >= 0.6 is 0 Å². The number of allylic oxidation sites excluding steroid dienone is 1. The Balaban J connectivity index is 2.16. The molecule has 18 heavy (non-hydrogen) atoms. The van der Waals surface area contributed by atoms with Gasteiger partial charge in [-0.15, -0.1) is 6.58 Å². The zero-order valence-corrected chi connectivity index (χ0v) is 10.9. The van der Waals surface area contributed by atoms with E-state index in [9.17, 15) is 0 Å². The highest BCUT2D eigenvalue weighted by molar-refractivity contribution is 5.36. The van der Waals surface area contributed by atoms with E-state index >= 15 is 0 Å². The highest BCUT2D eigenvalue weighted by Gasteiger charge is 2.10. The van der Waals surface area contributed by atoms with E-state index in [2.05, 4.69) is 55.0 Å². The fourth-order valence-corrected chi connectivity index (χ4v) is 2.08. The number of benzene rings is 1. The van der Waals surface area contributed by atoms with Gasteiger partial charge in [-0.1, -0.05) is 30.3 Å². The van der Waals surface area contributed by atoms with Crippen LogP contribution in [0.25, 0.3) is 0 Å². The monoisotopic (exact) mass is 241 g/mol. The number of nitrogens with zero attached hydrogens (tertiary/aromatic N) is 2. The first kappa shape index (κ1) is 12.4. The van der Waals surface area contributed by atoms with E-state index in [1.807, 2.05) is 16.8 Å². The fourth-order valence-electron chi connectivity index (χ4n) is 2.08. The van der Waals surface area contributed by atoms with Gasteiger partial charge in [-0.05, 0) is 25.0 Å². The summed E-state index contributed by atoms with van der Waals surface area (Å²) in [5, 5.41) is 3.44. The molecule has 0 fully saturated rings. The van der Waals surface area contributed by atoms with Crippen molar-refractivity contribution in [1.29, 1.82) is 0 Å². The van der Waals surface area contributed by atoms with Crippen molar-refractivity contribution < 1.29 is 0 Å². The summed E-state index contributed by atoms with van der Waals surface area (Å²) in [7, 11) is 0. The maximum atomic E-state index is 4.33. The average Bonchev–Trinajstić information content (AvgIpc) is 2.78. The predicted octanol–water partition coefficient (Wildman–Crippen LogP) is 3.55. The lowest BCUT2D eigenvalue weighted by molar-refractivity contribution is 0.781. The van der Waals surface area contributed by atoms with Crippen molar-refractivity contribution in [1.82, 2.24) is 9.55 Å². The first-order valence-electron chi connectivity index (χ1n) is 6.16. The summed E-state index contributed by atoms with van der Waals surface area (Å²) in [6, 6.07) is 8.63. The van der Waals surface area contributed by atoms with Gasteiger partial charge in [0.25, 0.3) is 0 Å². The molecule has 0 saturated carbocycles. The molecule has 1 aromatic heterocycles. The van der Waals surface area contributed by atoms with Gasteiger partial charge < -0.3 is 9.88 Å². The van der Waals surface area contributed by atoms with E-state index in [4.69, 9.17) is 0 Å². The number of aromatic nitrogens is 2. The van der Waals surface area contributed by atoms with Crippen LogP contribution in [0.1, 0.15) is 24.1 Å². The molecule has 3 heteroatoms. The van der Waals surface area contributed by atoms with Gasteiger partial charge in [-0.2, -0.15) is 0 Å². The Hall–Kier alpha value is -2.03. The number of nitrogens with one attached hydrogen (secondary N) is 1. The van der Waals surface area contributed by atoms with Crippen molar-refractivity contribution in [2.75, 3.05) is 5.32 Å². The lowest BCUT2D eigenvalue weighted by Gasteiger charge is -2.17. The van der Waals surface area contributed by atoms with Crippen molar-refractivity contribution in [3.63, 3.8) is 0 Å². The summed E-state index contributed by atoms with van der Waals surface area (Å²) in [6.45, 7) is 8.80. The van der Waals surface area contributed by atoms with E-state index < -0.39 is 0 Å². The molecule has 0 aliphatic carbocycles. The van der Waals surface area contributed by atoms with Gasteiger partial charge in [0.15, 0.2) is 0 Å². The van der Waals surface area contributed by atoms with Crippen LogP contribution < -0.4 is 5.32 Å². The van der Waals surface area contributed by atoms with E-state index in [1.165, 1.54) is 11.1 Å². The van der Waals surface area contributed by atoms with Crippen LogP contribution in [0.2, 0.25) is 0 Å². The molecule has 0 bridgehead atoms. The summed E-state index contributed by atoms with van der Waals surface area (Å²) in [6.07, 6.45) is 5.62. The Kier molecular flexibility index (Phi) is 3.82. The fraction of sp³-hybridized carbons (Fsp3) is 0.267. The molecule has 0 spiro atoms. The summed E-state index contributed by atoms with van der Waals surface area (Å²) < 4.78 is 2.04. The summed E-state index contributed by atoms with van der Waals surface area (Å²) in [5.74, 6) is 0.880. The summed E-state index contributed by atoms with van der Waals surface area (Å²) >= 11 is 0. The molecule has 0 radical (unpaired) electrons. The van der Waals surface area contributed by atoms with E-state index in [-0.39, 0.29) is 6.04 Å². The maximum Gasteiger partial charge on any atom is 0.203 e. The Labute approximate surface area is 108 Å². The number of aryl methyl sites for hydroxylation is 1. The van der Waals surface area contributed by atoms with E-state index in [0.717, 1.165) is 12.5 Å². The van der Waals surface area contributed by atoms with Crippen molar-refractivity contribution in [2.45, 2.75) is 26.4 Å². The second kappa shape index (κ2) is 5.54. The van der Waals surface area contributed by atoms with Crippen LogP contribution in [0.15, 0.2) is 49.3 Å².